The van der Waals surface area contributed by atoms with Crippen LogP contribution in [0.4, 0.5) is 5.69 Å². The van der Waals surface area contributed by atoms with Gasteiger partial charge in [-0.2, -0.15) is 4.31 Å². The van der Waals surface area contributed by atoms with Gasteiger partial charge in [-0.25, -0.2) is 8.42 Å². The summed E-state index contributed by atoms with van der Waals surface area (Å²) < 4.78 is 26.9. The van der Waals surface area contributed by atoms with Gasteiger partial charge in [0.05, 0.1) is 4.90 Å². The van der Waals surface area contributed by atoms with Gasteiger partial charge in [-0.15, -0.1) is 0 Å². The lowest BCUT2D eigenvalue weighted by Crippen LogP contribution is -2.52. The van der Waals surface area contributed by atoms with Gasteiger partial charge in [-0.05, 0) is 47.9 Å². The number of anilines is 1. The Bertz CT molecular complexity index is 990. The third kappa shape index (κ3) is 3.08. The number of phenolic OH excluding ortho intramolecular Hbond substituents is 1. The summed E-state index contributed by atoms with van der Waals surface area (Å²) in [6.07, 6.45) is 1.80. The molecular formula is C18H19N3O3S. The first-order chi connectivity index (χ1) is 12.0. The average molecular weight is 357 g/mol. The second kappa shape index (κ2) is 6.09. The van der Waals surface area contributed by atoms with Gasteiger partial charge in [0.2, 0.25) is 10.0 Å². The molecule has 6 nitrogen and oxygen atoms in total. The summed E-state index contributed by atoms with van der Waals surface area (Å²) in [6.45, 7) is 1.72. The van der Waals surface area contributed by atoms with Crippen LogP contribution in [0, 0.1) is 5.92 Å². The van der Waals surface area contributed by atoms with Crippen molar-refractivity contribution in [2.45, 2.75) is 4.90 Å². The lowest BCUT2D eigenvalue weighted by atomic mass is 10.0. The summed E-state index contributed by atoms with van der Waals surface area (Å²) in [6, 6.07) is 13.9. The molecule has 2 heterocycles. The van der Waals surface area contributed by atoms with Gasteiger partial charge in [0.15, 0.2) is 0 Å². The van der Waals surface area contributed by atoms with Crippen LogP contribution in [-0.2, 0) is 10.0 Å². The van der Waals surface area contributed by atoms with E-state index in [1.54, 1.807) is 42.6 Å². The maximum absolute atomic E-state index is 12.7. The zero-order valence-corrected chi connectivity index (χ0v) is 14.3. The number of fused-ring (bicyclic) bond motifs is 1. The molecule has 0 radical (unpaired) electrons. The highest BCUT2D eigenvalue weighted by Gasteiger charge is 2.36. The van der Waals surface area contributed by atoms with E-state index in [-0.39, 0.29) is 11.7 Å². The zero-order valence-electron chi connectivity index (χ0n) is 13.5. The molecular weight excluding hydrogens is 338 g/mol. The molecule has 130 valence electrons. The molecule has 0 saturated carbocycles. The molecule has 1 aliphatic rings. The normalized spacial score (nSPS) is 16.0. The molecule has 25 heavy (non-hydrogen) atoms. The molecule has 0 aliphatic carbocycles. The van der Waals surface area contributed by atoms with Crippen LogP contribution in [0.2, 0.25) is 0 Å². The van der Waals surface area contributed by atoms with Crippen molar-refractivity contribution in [1.82, 2.24) is 9.29 Å². The monoisotopic (exact) mass is 357 g/mol. The predicted octanol–water partition coefficient (Wildman–Crippen LogP) is 2.61. The highest BCUT2D eigenvalue weighted by Crippen LogP contribution is 2.27. The third-order valence-corrected chi connectivity index (χ3v) is 6.38. The number of aromatic nitrogens is 1. The molecule has 1 saturated heterocycles. The van der Waals surface area contributed by atoms with E-state index in [0.29, 0.717) is 24.5 Å². The molecule has 0 unspecified atom stereocenters. The first-order valence-corrected chi connectivity index (χ1v) is 9.56. The number of rotatable bonds is 5. The number of phenols is 1. The number of aromatic hydroxyl groups is 1. The third-order valence-electron chi connectivity index (χ3n) is 4.55. The lowest BCUT2D eigenvalue weighted by Gasteiger charge is -2.38. The average Bonchev–Trinajstić information content (AvgIpc) is 3.02. The van der Waals surface area contributed by atoms with Crippen molar-refractivity contribution in [3.8, 4) is 5.75 Å². The molecule has 0 atom stereocenters. The number of sulfonamides is 1. The summed E-state index contributed by atoms with van der Waals surface area (Å²) in [5, 5.41) is 13.5. The van der Waals surface area contributed by atoms with Gasteiger partial charge < -0.3 is 15.4 Å². The van der Waals surface area contributed by atoms with Crippen molar-refractivity contribution >= 4 is 26.6 Å². The van der Waals surface area contributed by atoms with Gasteiger partial charge in [-0.3, -0.25) is 0 Å². The van der Waals surface area contributed by atoms with Crippen molar-refractivity contribution in [1.29, 1.82) is 0 Å². The topological polar surface area (TPSA) is 85.4 Å². The first kappa shape index (κ1) is 16.0. The molecule has 1 aromatic heterocycles. The Kier molecular flexibility index (Phi) is 3.89. The van der Waals surface area contributed by atoms with Crippen LogP contribution in [0.5, 0.6) is 5.75 Å². The molecule has 1 fully saturated rings. The molecule has 1 aliphatic heterocycles. The highest BCUT2D eigenvalue weighted by molar-refractivity contribution is 7.89. The van der Waals surface area contributed by atoms with Crippen molar-refractivity contribution < 1.29 is 13.5 Å². The Hall–Kier alpha value is -2.51. The van der Waals surface area contributed by atoms with Crippen LogP contribution in [0.25, 0.3) is 10.9 Å². The molecule has 3 N–H and O–H groups in total. The smallest absolute Gasteiger partial charge is 0.243 e. The molecule has 0 bridgehead atoms. The van der Waals surface area contributed by atoms with Gasteiger partial charge in [0.25, 0.3) is 0 Å². The second-order valence-electron chi connectivity index (χ2n) is 6.34. The summed E-state index contributed by atoms with van der Waals surface area (Å²) in [5.74, 6) is 0.503. The molecule has 4 rings (SSSR count). The summed E-state index contributed by atoms with van der Waals surface area (Å²) in [5.41, 5.74) is 1.74. The first-order valence-electron chi connectivity index (χ1n) is 8.12. The van der Waals surface area contributed by atoms with Gasteiger partial charge >= 0.3 is 0 Å². The SMILES string of the molecule is O=S(=O)(c1ccc2cc[nH]c2c1)N1CC(CNc2ccc(O)cc2)C1. The van der Waals surface area contributed by atoms with E-state index in [9.17, 15) is 13.5 Å². The van der Waals surface area contributed by atoms with Crippen LogP contribution in [0.15, 0.2) is 59.6 Å². The van der Waals surface area contributed by atoms with Crippen molar-refractivity contribution in [3.63, 3.8) is 0 Å². The molecule has 7 heteroatoms. The maximum Gasteiger partial charge on any atom is 0.243 e. The van der Waals surface area contributed by atoms with E-state index >= 15 is 0 Å². The van der Waals surface area contributed by atoms with Gasteiger partial charge in [0.1, 0.15) is 5.75 Å². The second-order valence-corrected chi connectivity index (χ2v) is 8.28. The largest absolute Gasteiger partial charge is 0.508 e. The number of nitrogens with zero attached hydrogens (tertiary/aromatic N) is 1. The number of benzene rings is 2. The summed E-state index contributed by atoms with van der Waals surface area (Å²) in [4.78, 5) is 3.37. The molecule has 2 aromatic carbocycles. The Morgan fingerprint density at radius 2 is 1.88 bits per heavy atom. The number of nitrogens with one attached hydrogen (secondary N) is 2. The Morgan fingerprint density at radius 3 is 2.64 bits per heavy atom. The fraction of sp³-hybridized carbons (Fsp3) is 0.222. The summed E-state index contributed by atoms with van der Waals surface area (Å²) in [7, 11) is -3.44. The van der Waals surface area contributed by atoms with Crippen molar-refractivity contribution in [2.24, 2.45) is 5.92 Å². The minimum atomic E-state index is -3.44. The summed E-state index contributed by atoms with van der Waals surface area (Å²) >= 11 is 0. The fourth-order valence-electron chi connectivity index (χ4n) is 3.03. The predicted molar refractivity (Wildman–Crippen MR) is 97.1 cm³/mol. The number of aromatic amines is 1. The lowest BCUT2D eigenvalue weighted by molar-refractivity contribution is 0.211. The van der Waals surface area contributed by atoms with Crippen LogP contribution >= 0.6 is 0 Å². The molecule has 0 spiro atoms. The fourth-order valence-corrected chi connectivity index (χ4v) is 4.64. The van der Waals surface area contributed by atoms with E-state index < -0.39 is 10.0 Å². The zero-order chi connectivity index (χ0) is 17.4. The molecule has 3 aromatic rings. The maximum atomic E-state index is 12.7. The van der Waals surface area contributed by atoms with Crippen molar-refractivity contribution in [2.75, 3.05) is 25.0 Å². The Morgan fingerprint density at radius 1 is 1.12 bits per heavy atom. The van der Waals surface area contributed by atoms with E-state index in [1.807, 2.05) is 12.1 Å². The van der Waals surface area contributed by atoms with Gasteiger partial charge in [-0.1, -0.05) is 6.07 Å². The molecule has 0 amide bonds. The van der Waals surface area contributed by atoms with Gasteiger partial charge in [0, 0.05) is 43.0 Å². The Labute approximate surface area is 146 Å². The van der Waals surface area contributed by atoms with Crippen LogP contribution in [0.3, 0.4) is 0 Å². The van der Waals surface area contributed by atoms with E-state index in [4.69, 9.17) is 0 Å². The van der Waals surface area contributed by atoms with E-state index in [0.717, 1.165) is 16.6 Å². The van der Waals surface area contributed by atoms with E-state index in [2.05, 4.69) is 10.3 Å². The Balaban J connectivity index is 1.38. The van der Waals surface area contributed by atoms with Crippen LogP contribution in [0.1, 0.15) is 0 Å². The number of hydrogen-bond donors (Lipinski definition) is 3. The quantitative estimate of drug-likeness (QED) is 0.613. The standard InChI is InChI=1S/C18H19N3O3S/c22-16-4-2-15(3-5-16)20-10-13-11-21(12-13)25(23,24)17-6-1-14-7-8-19-18(14)9-17/h1-9,13,19-20,22H,10-12H2. The minimum Gasteiger partial charge on any atom is -0.508 e. The van der Waals surface area contributed by atoms with Crippen molar-refractivity contribution in [3.05, 3.63) is 54.7 Å². The minimum absolute atomic E-state index is 0.227. The van der Waals surface area contributed by atoms with Crippen LogP contribution in [-0.4, -0.2) is 42.4 Å². The van der Waals surface area contributed by atoms with E-state index in [1.165, 1.54) is 4.31 Å². The number of hydrogen-bond acceptors (Lipinski definition) is 4. The number of H-pyrrole nitrogens is 1. The highest BCUT2D eigenvalue weighted by atomic mass is 32.2. The van der Waals surface area contributed by atoms with Crippen LogP contribution < -0.4 is 5.32 Å².